The molecule has 2 unspecified atom stereocenters. The van der Waals surface area contributed by atoms with Crippen LogP contribution in [0, 0.1) is 0 Å². The van der Waals surface area contributed by atoms with E-state index in [0.717, 1.165) is 23.3 Å². The van der Waals surface area contributed by atoms with Crippen molar-refractivity contribution in [1.29, 1.82) is 0 Å². The van der Waals surface area contributed by atoms with Crippen LogP contribution in [-0.4, -0.2) is 18.1 Å². The van der Waals surface area contributed by atoms with Gasteiger partial charge in [-0.05, 0) is 30.2 Å². The largest absolute Gasteiger partial charge is 0.484 e. The number of pyridine rings is 1. The summed E-state index contributed by atoms with van der Waals surface area (Å²) in [6.45, 7) is 2.62. The highest BCUT2D eigenvalue weighted by molar-refractivity contribution is 5.29. The van der Waals surface area contributed by atoms with Gasteiger partial charge in [0.25, 0.3) is 0 Å². The van der Waals surface area contributed by atoms with Gasteiger partial charge >= 0.3 is 0 Å². The van der Waals surface area contributed by atoms with E-state index in [1.807, 2.05) is 36.4 Å². The first-order chi connectivity index (χ1) is 10.2. The van der Waals surface area contributed by atoms with Crippen molar-refractivity contribution >= 4 is 0 Å². The Morgan fingerprint density at radius 3 is 2.76 bits per heavy atom. The lowest BCUT2D eigenvalue weighted by Crippen LogP contribution is -2.31. The molecule has 2 N–H and O–H groups in total. The predicted molar refractivity (Wildman–Crippen MR) is 83.0 cm³/mol. The summed E-state index contributed by atoms with van der Waals surface area (Å²) < 4.78 is 11.3. The number of hydrogen-bond acceptors (Lipinski definition) is 4. The Balaban J connectivity index is 2.21. The number of methoxy groups -OCH3 is 1. The molecule has 2 aromatic rings. The monoisotopic (exact) mass is 286 g/mol. The summed E-state index contributed by atoms with van der Waals surface area (Å²) in [6, 6.07) is 11.7. The molecule has 1 aromatic heterocycles. The Kier molecular flexibility index (Phi) is 5.72. The molecule has 0 radical (unpaired) electrons. The van der Waals surface area contributed by atoms with Gasteiger partial charge in [-0.2, -0.15) is 0 Å². The Morgan fingerprint density at radius 2 is 2.10 bits per heavy atom. The van der Waals surface area contributed by atoms with Crippen molar-refractivity contribution in [2.45, 2.75) is 32.1 Å². The van der Waals surface area contributed by atoms with E-state index in [4.69, 9.17) is 15.2 Å². The number of rotatable bonds is 7. The van der Waals surface area contributed by atoms with E-state index in [2.05, 4.69) is 11.9 Å². The van der Waals surface area contributed by atoms with Crippen LogP contribution in [0.15, 0.2) is 48.8 Å². The molecule has 4 nitrogen and oxygen atoms in total. The van der Waals surface area contributed by atoms with Crippen LogP contribution in [0.1, 0.15) is 30.6 Å². The van der Waals surface area contributed by atoms with Crippen molar-refractivity contribution in [3.8, 4) is 5.75 Å². The number of hydrogen-bond donors (Lipinski definition) is 1. The SMILES string of the molecule is CCC(N)C(Oc1cccc(COC)c1)c1cccnc1. The number of nitrogens with two attached hydrogens (primary N) is 1. The summed E-state index contributed by atoms with van der Waals surface area (Å²) in [6.07, 6.45) is 4.18. The summed E-state index contributed by atoms with van der Waals surface area (Å²) in [4.78, 5) is 4.16. The van der Waals surface area contributed by atoms with Gasteiger partial charge in [0.05, 0.1) is 6.61 Å². The Morgan fingerprint density at radius 1 is 1.24 bits per heavy atom. The van der Waals surface area contributed by atoms with E-state index in [-0.39, 0.29) is 12.1 Å². The molecule has 2 atom stereocenters. The molecule has 0 fully saturated rings. The van der Waals surface area contributed by atoms with Gasteiger partial charge in [0.1, 0.15) is 11.9 Å². The van der Waals surface area contributed by atoms with E-state index in [9.17, 15) is 0 Å². The van der Waals surface area contributed by atoms with Crippen molar-refractivity contribution in [3.05, 3.63) is 59.9 Å². The van der Waals surface area contributed by atoms with Crippen molar-refractivity contribution in [1.82, 2.24) is 4.98 Å². The van der Waals surface area contributed by atoms with Gasteiger partial charge in [0.15, 0.2) is 0 Å². The minimum Gasteiger partial charge on any atom is -0.484 e. The molecule has 0 aliphatic rings. The fourth-order valence-electron chi connectivity index (χ4n) is 2.18. The summed E-state index contributed by atoms with van der Waals surface area (Å²) in [5.74, 6) is 0.794. The molecular weight excluding hydrogens is 264 g/mol. The maximum atomic E-state index is 6.22. The summed E-state index contributed by atoms with van der Waals surface area (Å²) in [5, 5.41) is 0. The van der Waals surface area contributed by atoms with Crippen LogP contribution in [-0.2, 0) is 11.3 Å². The normalized spacial score (nSPS) is 13.7. The highest BCUT2D eigenvalue weighted by Gasteiger charge is 2.20. The third-order valence-corrected chi connectivity index (χ3v) is 3.35. The number of benzene rings is 1. The highest BCUT2D eigenvalue weighted by Crippen LogP contribution is 2.25. The first kappa shape index (κ1) is 15.5. The van der Waals surface area contributed by atoms with E-state index in [0.29, 0.717) is 6.61 Å². The third-order valence-electron chi connectivity index (χ3n) is 3.35. The molecule has 0 saturated heterocycles. The van der Waals surface area contributed by atoms with Crippen molar-refractivity contribution in [3.63, 3.8) is 0 Å². The van der Waals surface area contributed by atoms with Gasteiger partial charge in [-0.1, -0.05) is 25.1 Å². The van der Waals surface area contributed by atoms with E-state index in [1.54, 1.807) is 19.5 Å². The number of nitrogens with zero attached hydrogens (tertiary/aromatic N) is 1. The molecule has 2 rings (SSSR count). The van der Waals surface area contributed by atoms with Crippen LogP contribution in [0.4, 0.5) is 0 Å². The molecule has 0 aliphatic heterocycles. The van der Waals surface area contributed by atoms with Crippen molar-refractivity contribution in [2.24, 2.45) is 5.73 Å². The van der Waals surface area contributed by atoms with Crippen LogP contribution in [0.3, 0.4) is 0 Å². The second-order valence-electron chi connectivity index (χ2n) is 4.98. The quantitative estimate of drug-likeness (QED) is 0.849. The molecule has 21 heavy (non-hydrogen) atoms. The molecule has 0 amide bonds. The molecule has 4 heteroatoms. The highest BCUT2D eigenvalue weighted by atomic mass is 16.5. The average Bonchev–Trinajstić information content (AvgIpc) is 2.53. The summed E-state index contributed by atoms with van der Waals surface area (Å²) in [5.41, 5.74) is 8.28. The zero-order valence-electron chi connectivity index (χ0n) is 12.5. The molecule has 0 aliphatic carbocycles. The van der Waals surface area contributed by atoms with Gasteiger partial charge in [0, 0.05) is 31.1 Å². The first-order valence-electron chi connectivity index (χ1n) is 7.14. The van der Waals surface area contributed by atoms with Crippen LogP contribution in [0.5, 0.6) is 5.75 Å². The maximum absolute atomic E-state index is 6.22. The maximum Gasteiger partial charge on any atom is 0.140 e. The van der Waals surface area contributed by atoms with Crippen LogP contribution in [0.25, 0.3) is 0 Å². The predicted octanol–water partition coefficient (Wildman–Crippen LogP) is 3.09. The average molecular weight is 286 g/mol. The first-order valence-corrected chi connectivity index (χ1v) is 7.14. The molecule has 0 bridgehead atoms. The lowest BCUT2D eigenvalue weighted by molar-refractivity contribution is 0.167. The van der Waals surface area contributed by atoms with E-state index >= 15 is 0 Å². The summed E-state index contributed by atoms with van der Waals surface area (Å²) >= 11 is 0. The third kappa shape index (κ3) is 4.28. The van der Waals surface area contributed by atoms with Gasteiger partial charge in [0.2, 0.25) is 0 Å². The molecule has 1 heterocycles. The number of ether oxygens (including phenoxy) is 2. The topological polar surface area (TPSA) is 57.4 Å². The van der Waals surface area contributed by atoms with Gasteiger partial charge in [-0.15, -0.1) is 0 Å². The fraction of sp³-hybridized carbons (Fsp3) is 0.353. The van der Waals surface area contributed by atoms with Crippen LogP contribution < -0.4 is 10.5 Å². The van der Waals surface area contributed by atoms with Gasteiger partial charge in [-0.25, -0.2) is 0 Å². The minimum absolute atomic E-state index is 0.0831. The standard InChI is InChI=1S/C17H22N2O2/c1-3-16(18)17(14-7-5-9-19-11-14)21-15-8-4-6-13(10-15)12-20-2/h4-11,16-17H,3,12,18H2,1-2H3. The van der Waals surface area contributed by atoms with Gasteiger partial charge in [-0.3, -0.25) is 4.98 Å². The Bertz CT molecular complexity index is 545. The van der Waals surface area contributed by atoms with Crippen molar-refractivity contribution < 1.29 is 9.47 Å². The number of aromatic nitrogens is 1. The molecular formula is C17H22N2O2. The zero-order valence-corrected chi connectivity index (χ0v) is 12.5. The Hall–Kier alpha value is -1.91. The van der Waals surface area contributed by atoms with Crippen molar-refractivity contribution in [2.75, 3.05) is 7.11 Å². The lowest BCUT2D eigenvalue weighted by Gasteiger charge is -2.24. The lowest BCUT2D eigenvalue weighted by atomic mass is 10.0. The Labute approximate surface area is 125 Å². The van der Waals surface area contributed by atoms with E-state index in [1.165, 1.54) is 0 Å². The fourth-order valence-corrected chi connectivity index (χ4v) is 2.18. The van der Waals surface area contributed by atoms with E-state index < -0.39 is 0 Å². The molecule has 112 valence electrons. The molecule has 0 saturated carbocycles. The van der Waals surface area contributed by atoms with Gasteiger partial charge < -0.3 is 15.2 Å². The smallest absolute Gasteiger partial charge is 0.140 e. The summed E-state index contributed by atoms with van der Waals surface area (Å²) in [7, 11) is 1.68. The second-order valence-corrected chi connectivity index (χ2v) is 4.98. The molecule has 1 aromatic carbocycles. The van der Waals surface area contributed by atoms with Crippen LogP contribution >= 0.6 is 0 Å². The second kappa shape index (κ2) is 7.76. The molecule has 0 spiro atoms. The minimum atomic E-state index is -0.207. The van der Waals surface area contributed by atoms with Crippen LogP contribution in [0.2, 0.25) is 0 Å². The zero-order chi connectivity index (χ0) is 15.1.